The number of aromatic nitrogens is 4. The largest absolute Gasteiger partial charge is 0.444 e. The van der Waals surface area contributed by atoms with Crippen molar-refractivity contribution in [1.82, 2.24) is 24.6 Å². The number of halogens is 1. The Morgan fingerprint density at radius 2 is 2.00 bits per heavy atom. The predicted octanol–water partition coefficient (Wildman–Crippen LogP) is 5.22. The maximum Gasteiger partial charge on any atom is 0.410 e. The average Bonchev–Trinajstić information content (AvgIpc) is 3.49. The van der Waals surface area contributed by atoms with E-state index in [2.05, 4.69) is 20.4 Å². The first-order valence-corrected chi connectivity index (χ1v) is 11.9. The van der Waals surface area contributed by atoms with Crippen LogP contribution >= 0.6 is 0 Å². The number of likely N-dealkylation sites (tertiary alicyclic amines) is 1. The number of amides is 2. The minimum atomic E-state index is -0.639. The Bertz CT molecular complexity index is 1500. The highest BCUT2D eigenvalue weighted by molar-refractivity contribution is 6.06. The van der Waals surface area contributed by atoms with Crippen LogP contribution < -0.4 is 5.32 Å². The van der Waals surface area contributed by atoms with Crippen LogP contribution in [0, 0.1) is 12.7 Å². The fourth-order valence-corrected chi connectivity index (χ4v) is 4.75. The number of pyridine rings is 1. The first-order chi connectivity index (χ1) is 17.0. The van der Waals surface area contributed by atoms with Crippen molar-refractivity contribution in [2.45, 2.75) is 52.2 Å². The highest BCUT2D eigenvalue weighted by Gasteiger charge is 2.36. The van der Waals surface area contributed by atoms with Crippen LogP contribution in [0.5, 0.6) is 0 Å². The molecule has 4 aromatic rings. The van der Waals surface area contributed by atoms with Crippen LogP contribution in [0.2, 0.25) is 0 Å². The Balaban J connectivity index is 1.39. The van der Waals surface area contributed by atoms with Gasteiger partial charge in [-0.05, 0) is 52.7 Å². The fraction of sp³-hybridized carbons (Fsp3) is 0.385. The van der Waals surface area contributed by atoms with Crippen molar-refractivity contribution in [3.05, 3.63) is 53.2 Å². The zero-order chi connectivity index (χ0) is 25.8. The number of hydrogen-bond donors (Lipinski definition) is 2. The first-order valence-electron chi connectivity index (χ1n) is 11.9. The molecule has 2 N–H and O–H groups in total. The number of anilines is 1. The molecule has 2 amide bonds. The number of rotatable bonds is 3. The second-order valence-corrected chi connectivity index (χ2v) is 10.2. The fourth-order valence-electron chi connectivity index (χ4n) is 4.75. The first kappa shape index (κ1) is 23.8. The molecule has 3 aromatic heterocycles. The molecular weight excluding hydrogens is 463 g/mol. The zero-order valence-electron chi connectivity index (χ0n) is 21.0. The minimum absolute atomic E-state index is 0.289. The van der Waals surface area contributed by atoms with Crippen molar-refractivity contribution in [2.75, 3.05) is 11.9 Å². The van der Waals surface area contributed by atoms with Gasteiger partial charge in [-0.3, -0.25) is 14.4 Å². The third-order valence-electron chi connectivity index (χ3n) is 6.40. The lowest BCUT2D eigenvalue weighted by Gasteiger charge is -2.28. The van der Waals surface area contributed by atoms with Crippen LogP contribution in [-0.4, -0.2) is 48.8 Å². The lowest BCUT2D eigenvalue weighted by molar-refractivity contribution is 0.0219. The second kappa shape index (κ2) is 8.61. The van der Waals surface area contributed by atoms with Crippen LogP contribution in [-0.2, 0) is 11.8 Å². The lowest BCUT2D eigenvalue weighted by Crippen LogP contribution is -2.36. The van der Waals surface area contributed by atoms with Crippen molar-refractivity contribution in [3.63, 3.8) is 0 Å². The molecule has 0 aliphatic carbocycles. The SMILES string of the molecule is Cc1nn(C)c2cc(C(=O)Nc3cc4[nH]c(C5CCCN5C(=O)OC(C)(C)C)c(F)c4cn3)ccc12. The van der Waals surface area contributed by atoms with E-state index in [9.17, 15) is 9.59 Å². The lowest BCUT2D eigenvalue weighted by atomic mass is 10.1. The van der Waals surface area contributed by atoms with Crippen LogP contribution in [0.25, 0.3) is 21.8 Å². The van der Waals surface area contributed by atoms with E-state index in [0.29, 0.717) is 35.1 Å². The van der Waals surface area contributed by atoms with Crippen molar-refractivity contribution in [3.8, 4) is 0 Å². The van der Waals surface area contributed by atoms with Crippen molar-refractivity contribution >= 4 is 39.6 Å². The van der Waals surface area contributed by atoms with Crippen molar-refractivity contribution < 1.29 is 18.7 Å². The summed E-state index contributed by atoms with van der Waals surface area (Å²) in [4.78, 5) is 34.5. The van der Waals surface area contributed by atoms with E-state index in [4.69, 9.17) is 4.74 Å². The molecule has 0 bridgehead atoms. The van der Waals surface area contributed by atoms with Gasteiger partial charge >= 0.3 is 6.09 Å². The van der Waals surface area contributed by atoms with Gasteiger partial charge in [0.1, 0.15) is 11.4 Å². The summed E-state index contributed by atoms with van der Waals surface area (Å²) in [5, 5.41) is 8.45. The number of benzene rings is 1. The molecule has 36 heavy (non-hydrogen) atoms. The van der Waals surface area contributed by atoms with Gasteiger partial charge in [-0.2, -0.15) is 5.10 Å². The Kier molecular flexibility index (Phi) is 5.69. The maximum absolute atomic E-state index is 15.4. The van der Waals surface area contributed by atoms with E-state index in [1.165, 1.54) is 6.20 Å². The number of nitrogens with one attached hydrogen (secondary N) is 2. The molecule has 1 aliphatic rings. The Labute approximate surface area is 207 Å². The molecule has 1 aliphatic heterocycles. The predicted molar refractivity (Wildman–Crippen MR) is 134 cm³/mol. The van der Waals surface area contributed by atoms with Gasteiger partial charge < -0.3 is 15.0 Å². The molecule has 0 spiro atoms. The molecule has 1 unspecified atom stereocenters. The summed E-state index contributed by atoms with van der Waals surface area (Å²) >= 11 is 0. The molecular formula is C26H29FN6O3. The van der Waals surface area contributed by atoms with Gasteiger partial charge in [-0.25, -0.2) is 14.2 Å². The summed E-state index contributed by atoms with van der Waals surface area (Å²) in [5.41, 5.74) is 2.37. The third kappa shape index (κ3) is 4.27. The minimum Gasteiger partial charge on any atom is -0.444 e. The third-order valence-corrected chi connectivity index (χ3v) is 6.40. The molecule has 0 saturated carbocycles. The van der Waals surface area contributed by atoms with E-state index in [1.807, 2.05) is 20.0 Å². The second-order valence-electron chi connectivity index (χ2n) is 10.2. The number of aryl methyl sites for hydroxylation is 2. The molecule has 1 atom stereocenters. The normalized spacial score (nSPS) is 16.2. The maximum atomic E-state index is 15.4. The van der Waals surface area contributed by atoms with Crippen LogP contribution in [0.15, 0.2) is 30.5 Å². The summed E-state index contributed by atoms with van der Waals surface area (Å²) < 4.78 is 22.6. The van der Waals surface area contributed by atoms with Crippen LogP contribution in [0.4, 0.5) is 15.0 Å². The standard InChI is InChI=1S/C26H29FN6O3/c1-14-16-9-8-15(11-20(16)32(5)31-14)24(34)30-21-12-18-17(13-28-21)22(27)23(29-18)19-7-6-10-33(19)25(35)36-26(2,3)4/h8-9,11-13,19,29H,6-7,10H2,1-5H3,(H,28,30,34). The number of hydrogen-bond acceptors (Lipinski definition) is 5. The monoisotopic (exact) mass is 492 g/mol. The summed E-state index contributed by atoms with van der Waals surface area (Å²) in [7, 11) is 1.83. The number of nitrogens with zero attached hydrogens (tertiary/aromatic N) is 4. The molecule has 10 heteroatoms. The zero-order valence-corrected chi connectivity index (χ0v) is 21.0. The highest BCUT2D eigenvalue weighted by Crippen LogP contribution is 2.36. The van der Waals surface area contributed by atoms with Gasteiger partial charge in [0.15, 0.2) is 5.82 Å². The molecule has 0 radical (unpaired) electrons. The van der Waals surface area contributed by atoms with Crippen molar-refractivity contribution in [2.24, 2.45) is 7.05 Å². The van der Waals surface area contributed by atoms with Crippen LogP contribution in [0.1, 0.15) is 61.4 Å². The Morgan fingerprint density at radius 1 is 1.22 bits per heavy atom. The van der Waals surface area contributed by atoms with Gasteiger partial charge in [0.05, 0.1) is 33.8 Å². The average molecular weight is 493 g/mol. The molecule has 1 saturated heterocycles. The van der Waals surface area contributed by atoms with Crippen LogP contribution in [0.3, 0.4) is 0 Å². The van der Waals surface area contributed by atoms with E-state index in [1.54, 1.807) is 48.6 Å². The highest BCUT2D eigenvalue weighted by atomic mass is 19.1. The summed E-state index contributed by atoms with van der Waals surface area (Å²) in [5.74, 6) is -0.494. The molecule has 188 valence electrons. The molecule has 5 rings (SSSR count). The molecule has 9 nitrogen and oxygen atoms in total. The number of carbonyl (C=O) groups is 2. The van der Waals surface area contributed by atoms with E-state index in [0.717, 1.165) is 23.0 Å². The summed E-state index contributed by atoms with van der Waals surface area (Å²) in [6.07, 6.45) is 2.30. The number of ether oxygens (including phenoxy) is 1. The van der Waals surface area contributed by atoms with E-state index >= 15 is 4.39 Å². The number of aromatic amines is 1. The Morgan fingerprint density at radius 3 is 2.75 bits per heavy atom. The van der Waals surface area contributed by atoms with Gasteiger partial charge in [-0.15, -0.1) is 0 Å². The Hall–Kier alpha value is -3.95. The van der Waals surface area contributed by atoms with Gasteiger partial charge in [-0.1, -0.05) is 6.07 Å². The van der Waals surface area contributed by atoms with E-state index < -0.39 is 23.6 Å². The molecule has 1 aromatic carbocycles. The summed E-state index contributed by atoms with van der Waals surface area (Å²) in [6.45, 7) is 7.82. The van der Waals surface area contributed by atoms with E-state index in [-0.39, 0.29) is 11.7 Å². The van der Waals surface area contributed by atoms with Gasteiger partial charge in [0.25, 0.3) is 5.91 Å². The quantitative estimate of drug-likeness (QED) is 0.408. The smallest absolute Gasteiger partial charge is 0.410 e. The molecule has 4 heterocycles. The van der Waals surface area contributed by atoms with Gasteiger partial charge in [0, 0.05) is 36.8 Å². The topological polar surface area (TPSA) is 105 Å². The summed E-state index contributed by atoms with van der Waals surface area (Å²) in [6, 6.07) is 6.52. The van der Waals surface area contributed by atoms with Gasteiger partial charge in [0.2, 0.25) is 0 Å². The number of H-pyrrole nitrogens is 1. The van der Waals surface area contributed by atoms with Crippen molar-refractivity contribution in [1.29, 1.82) is 0 Å². The number of fused-ring (bicyclic) bond motifs is 2. The molecule has 1 fully saturated rings. The number of carbonyl (C=O) groups excluding carboxylic acids is 2.